The molecule has 0 spiro atoms. The average molecular weight is 327 g/mol. The summed E-state index contributed by atoms with van der Waals surface area (Å²) in [5.41, 5.74) is 1.35. The number of para-hydroxylation sites is 1. The lowest BCUT2D eigenvalue weighted by atomic mass is 10.2. The van der Waals surface area contributed by atoms with Crippen molar-refractivity contribution in [2.24, 2.45) is 0 Å². The second kappa shape index (κ2) is 8.85. The second-order valence-electron chi connectivity index (χ2n) is 6.61. The third-order valence-corrected chi connectivity index (χ3v) is 4.80. The maximum absolute atomic E-state index is 4.28. The molecule has 130 valence electrons. The van der Waals surface area contributed by atoms with Crippen LogP contribution in [0.2, 0.25) is 0 Å². The lowest BCUT2D eigenvalue weighted by Gasteiger charge is -2.36. The minimum atomic E-state index is 1.03. The number of nitrogens with one attached hydrogen (secondary N) is 1. The molecule has 2 heterocycles. The van der Waals surface area contributed by atoms with Crippen LogP contribution in [0.25, 0.3) is 0 Å². The van der Waals surface area contributed by atoms with Gasteiger partial charge in [0.05, 0.1) is 0 Å². The van der Waals surface area contributed by atoms with Gasteiger partial charge in [0.1, 0.15) is 5.82 Å². The van der Waals surface area contributed by atoms with Gasteiger partial charge < -0.3 is 14.8 Å². The molecule has 1 saturated heterocycles. The highest BCUT2D eigenvalue weighted by atomic mass is 15.3. The van der Waals surface area contributed by atoms with Crippen LogP contribution in [0.3, 0.4) is 0 Å². The van der Waals surface area contributed by atoms with E-state index in [9.17, 15) is 0 Å². The third-order valence-electron chi connectivity index (χ3n) is 4.80. The fraction of sp³-hybridized carbons (Fsp3) is 0.526. The third kappa shape index (κ3) is 5.08. The van der Waals surface area contributed by atoms with Gasteiger partial charge in [-0.2, -0.15) is 0 Å². The second-order valence-corrected chi connectivity index (χ2v) is 6.61. The van der Waals surface area contributed by atoms with E-state index >= 15 is 0 Å². The van der Waals surface area contributed by atoms with E-state index < -0.39 is 0 Å². The molecular weight excluding hydrogens is 298 g/mol. The van der Waals surface area contributed by atoms with Gasteiger partial charge in [-0.05, 0) is 32.1 Å². The topological polar surface area (TPSA) is 38.4 Å². The summed E-state index contributed by atoms with van der Waals surface area (Å²) in [5.74, 6) is 1.10. The highest BCUT2D eigenvalue weighted by Gasteiger charge is 2.16. The predicted octanol–water partition coefficient (Wildman–Crippen LogP) is 2.10. The van der Waals surface area contributed by atoms with Gasteiger partial charge in [-0.25, -0.2) is 4.98 Å². The molecule has 5 nitrogen and oxygen atoms in total. The average Bonchev–Trinajstić information content (AvgIpc) is 3.15. The van der Waals surface area contributed by atoms with Crippen LogP contribution in [0.15, 0.2) is 42.7 Å². The molecule has 0 unspecified atom stereocenters. The van der Waals surface area contributed by atoms with Crippen LogP contribution in [-0.4, -0.2) is 72.6 Å². The zero-order valence-corrected chi connectivity index (χ0v) is 14.7. The molecule has 0 saturated carbocycles. The van der Waals surface area contributed by atoms with Crippen molar-refractivity contribution < 1.29 is 0 Å². The van der Waals surface area contributed by atoms with Crippen molar-refractivity contribution in [1.82, 2.24) is 19.8 Å². The van der Waals surface area contributed by atoms with E-state index in [1.54, 1.807) is 0 Å². The zero-order valence-electron chi connectivity index (χ0n) is 14.7. The Morgan fingerprint density at radius 1 is 1.08 bits per heavy atom. The quantitative estimate of drug-likeness (QED) is 0.806. The first kappa shape index (κ1) is 17.0. The number of H-pyrrole nitrogens is 1. The number of nitrogens with zero attached hydrogens (tertiary/aromatic N) is 4. The fourth-order valence-corrected chi connectivity index (χ4v) is 3.24. The minimum Gasteiger partial charge on any atom is -0.369 e. The van der Waals surface area contributed by atoms with Crippen molar-refractivity contribution in [2.75, 3.05) is 57.8 Å². The first-order chi connectivity index (χ1) is 11.8. The minimum absolute atomic E-state index is 1.03. The van der Waals surface area contributed by atoms with Gasteiger partial charge in [0, 0.05) is 63.8 Å². The van der Waals surface area contributed by atoms with Gasteiger partial charge in [-0.3, -0.25) is 4.90 Å². The summed E-state index contributed by atoms with van der Waals surface area (Å²) in [6.07, 6.45) is 5.92. The van der Waals surface area contributed by atoms with Crippen molar-refractivity contribution in [3.8, 4) is 0 Å². The highest BCUT2D eigenvalue weighted by molar-refractivity contribution is 5.46. The number of aromatic amines is 1. The van der Waals surface area contributed by atoms with Crippen LogP contribution < -0.4 is 4.90 Å². The SMILES string of the molecule is CN(CCCc1ncc[nH]1)CCN1CCN(c2ccccc2)CC1. The number of hydrogen-bond donors (Lipinski definition) is 1. The Morgan fingerprint density at radius 3 is 2.58 bits per heavy atom. The molecule has 5 heteroatoms. The summed E-state index contributed by atoms with van der Waals surface area (Å²) in [6, 6.07) is 10.8. The Bertz CT molecular complexity index is 561. The van der Waals surface area contributed by atoms with Crippen molar-refractivity contribution in [1.29, 1.82) is 0 Å². The zero-order chi connectivity index (χ0) is 16.6. The van der Waals surface area contributed by atoms with Crippen molar-refractivity contribution >= 4 is 5.69 Å². The van der Waals surface area contributed by atoms with E-state index in [-0.39, 0.29) is 0 Å². The molecule has 1 aliphatic heterocycles. The Hall–Kier alpha value is -1.85. The first-order valence-corrected chi connectivity index (χ1v) is 9.00. The molecule has 1 N–H and O–H groups in total. The lowest BCUT2D eigenvalue weighted by Crippen LogP contribution is -2.48. The van der Waals surface area contributed by atoms with Gasteiger partial charge in [0.25, 0.3) is 0 Å². The lowest BCUT2D eigenvalue weighted by molar-refractivity contribution is 0.214. The largest absolute Gasteiger partial charge is 0.369 e. The summed E-state index contributed by atoms with van der Waals surface area (Å²) in [6.45, 7) is 8.02. The van der Waals surface area contributed by atoms with E-state index in [0.29, 0.717) is 0 Å². The Kier molecular flexibility index (Phi) is 6.26. The van der Waals surface area contributed by atoms with Crippen LogP contribution in [0.1, 0.15) is 12.2 Å². The highest BCUT2D eigenvalue weighted by Crippen LogP contribution is 2.15. The van der Waals surface area contributed by atoms with E-state index in [2.05, 4.69) is 62.0 Å². The number of piperazine rings is 1. The molecule has 1 fully saturated rings. The van der Waals surface area contributed by atoms with Crippen molar-refractivity contribution in [3.63, 3.8) is 0 Å². The van der Waals surface area contributed by atoms with E-state index in [4.69, 9.17) is 0 Å². The normalized spacial score (nSPS) is 16.0. The maximum atomic E-state index is 4.28. The number of benzene rings is 1. The molecule has 0 atom stereocenters. The summed E-state index contributed by atoms with van der Waals surface area (Å²) in [5, 5.41) is 0. The molecule has 2 aromatic rings. The molecular formula is C19H29N5. The van der Waals surface area contributed by atoms with Crippen LogP contribution in [0, 0.1) is 0 Å². The number of rotatable bonds is 8. The molecule has 0 bridgehead atoms. The summed E-state index contributed by atoms with van der Waals surface area (Å²) >= 11 is 0. The molecule has 3 rings (SSSR count). The van der Waals surface area contributed by atoms with E-state index in [0.717, 1.165) is 57.9 Å². The van der Waals surface area contributed by atoms with Crippen molar-refractivity contribution in [3.05, 3.63) is 48.5 Å². The molecule has 1 aromatic carbocycles. The molecule has 1 aliphatic rings. The summed E-state index contributed by atoms with van der Waals surface area (Å²) < 4.78 is 0. The smallest absolute Gasteiger partial charge is 0.106 e. The van der Waals surface area contributed by atoms with Crippen LogP contribution in [-0.2, 0) is 6.42 Å². The monoisotopic (exact) mass is 327 g/mol. The van der Waals surface area contributed by atoms with Crippen LogP contribution in [0.5, 0.6) is 0 Å². The van der Waals surface area contributed by atoms with Crippen LogP contribution in [0.4, 0.5) is 5.69 Å². The molecule has 0 amide bonds. The van der Waals surface area contributed by atoms with E-state index in [1.807, 2.05) is 12.4 Å². The molecule has 1 aromatic heterocycles. The standard InChI is InChI=1S/C19H29N5/c1-22(11-5-8-19-20-9-10-21-19)12-13-23-14-16-24(17-15-23)18-6-3-2-4-7-18/h2-4,6-7,9-10H,5,8,11-17H2,1H3,(H,20,21). The Morgan fingerprint density at radius 2 is 1.88 bits per heavy atom. The number of anilines is 1. The van der Waals surface area contributed by atoms with Gasteiger partial charge in [0.2, 0.25) is 0 Å². The Balaban J connectivity index is 1.30. The van der Waals surface area contributed by atoms with Crippen molar-refractivity contribution in [2.45, 2.75) is 12.8 Å². The van der Waals surface area contributed by atoms with E-state index in [1.165, 1.54) is 12.2 Å². The number of imidazole rings is 1. The number of likely N-dealkylation sites (N-methyl/N-ethyl adjacent to an activating group) is 1. The van der Waals surface area contributed by atoms with Gasteiger partial charge in [-0.15, -0.1) is 0 Å². The number of aryl methyl sites for hydroxylation is 1. The Labute approximate surface area is 145 Å². The number of hydrogen-bond acceptors (Lipinski definition) is 4. The first-order valence-electron chi connectivity index (χ1n) is 9.00. The number of aromatic nitrogens is 2. The summed E-state index contributed by atoms with van der Waals surface area (Å²) in [7, 11) is 2.22. The van der Waals surface area contributed by atoms with Crippen LogP contribution >= 0.6 is 0 Å². The molecule has 24 heavy (non-hydrogen) atoms. The van der Waals surface area contributed by atoms with Gasteiger partial charge in [-0.1, -0.05) is 18.2 Å². The molecule has 0 aliphatic carbocycles. The molecule has 0 radical (unpaired) electrons. The summed E-state index contributed by atoms with van der Waals surface area (Å²) in [4.78, 5) is 15.0. The van der Waals surface area contributed by atoms with Gasteiger partial charge >= 0.3 is 0 Å². The maximum Gasteiger partial charge on any atom is 0.106 e. The van der Waals surface area contributed by atoms with Gasteiger partial charge in [0.15, 0.2) is 0 Å². The predicted molar refractivity (Wildman–Crippen MR) is 99.5 cm³/mol. The fourth-order valence-electron chi connectivity index (χ4n) is 3.24.